The zero-order chi connectivity index (χ0) is 13.5. The molecule has 0 aromatic carbocycles. The molecule has 0 saturated carbocycles. The summed E-state index contributed by atoms with van der Waals surface area (Å²) < 4.78 is 7.39. The average Bonchev–Trinajstić information content (AvgIpc) is 2.59. The van der Waals surface area contributed by atoms with Gasteiger partial charge in [-0.15, -0.1) is 0 Å². The summed E-state index contributed by atoms with van der Waals surface area (Å²) in [5.74, 6) is 0. The number of hydrogen-bond donors (Lipinski definition) is 1. The first-order valence-electron chi connectivity index (χ1n) is 6.53. The third-order valence-electron chi connectivity index (χ3n) is 3.07. The second-order valence-electron chi connectivity index (χ2n) is 4.56. The first-order chi connectivity index (χ1) is 8.60. The van der Waals surface area contributed by atoms with Crippen LogP contribution in [0.1, 0.15) is 31.2 Å². The Kier molecular flexibility index (Phi) is 6.68. The highest BCUT2D eigenvalue weighted by atomic mass is 35.5. The van der Waals surface area contributed by atoms with Gasteiger partial charge in [0.05, 0.1) is 16.4 Å². The van der Waals surface area contributed by atoms with Crippen LogP contribution >= 0.6 is 11.6 Å². The van der Waals surface area contributed by atoms with Crippen LogP contribution in [0.4, 0.5) is 0 Å². The van der Waals surface area contributed by atoms with Crippen LogP contribution in [0.15, 0.2) is 0 Å². The summed E-state index contributed by atoms with van der Waals surface area (Å²) in [5.41, 5.74) is 1.98. The molecular formula is C13H24ClN3O. The molecule has 0 aliphatic carbocycles. The molecule has 0 amide bonds. The maximum atomic E-state index is 6.26. The van der Waals surface area contributed by atoms with E-state index in [0.29, 0.717) is 6.04 Å². The van der Waals surface area contributed by atoms with E-state index in [0.717, 1.165) is 48.9 Å². The van der Waals surface area contributed by atoms with Crippen molar-refractivity contribution in [1.29, 1.82) is 0 Å². The Balaban J connectivity index is 2.51. The summed E-state index contributed by atoms with van der Waals surface area (Å²) in [6.07, 6.45) is 2.93. The molecule has 1 aromatic heterocycles. The van der Waals surface area contributed by atoms with Crippen molar-refractivity contribution >= 4 is 11.6 Å². The Hall–Kier alpha value is -0.580. The second kappa shape index (κ2) is 7.77. The van der Waals surface area contributed by atoms with Gasteiger partial charge in [0, 0.05) is 32.7 Å². The lowest BCUT2D eigenvalue weighted by Gasteiger charge is -2.16. The highest BCUT2D eigenvalue weighted by Crippen LogP contribution is 2.21. The van der Waals surface area contributed by atoms with Gasteiger partial charge >= 0.3 is 0 Å². The van der Waals surface area contributed by atoms with Crippen LogP contribution in [0, 0.1) is 6.92 Å². The smallest absolute Gasteiger partial charge is 0.0847 e. The van der Waals surface area contributed by atoms with E-state index < -0.39 is 0 Å². The molecule has 1 rings (SSSR count). The number of hydrogen-bond acceptors (Lipinski definition) is 3. The van der Waals surface area contributed by atoms with Crippen molar-refractivity contribution in [1.82, 2.24) is 15.1 Å². The highest BCUT2D eigenvalue weighted by Gasteiger charge is 2.15. The van der Waals surface area contributed by atoms with E-state index in [-0.39, 0.29) is 0 Å². The first kappa shape index (κ1) is 15.5. The Morgan fingerprint density at radius 3 is 2.67 bits per heavy atom. The minimum absolute atomic E-state index is 0.370. The molecule has 0 saturated heterocycles. The lowest BCUT2D eigenvalue weighted by molar-refractivity contribution is 0.125. The van der Waals surface area contributed by atoms with E-state index in [9.17, 15) is 0 Å². The number of aryl methyl sites for hydroxylation is 2. The highest BCUT2D eigenvalue weighted by molar-refractivity contribution is 6.31. The number of halogens is 1. The van der Waals surface area contributed by atoms with Crippen LogP contribution in [0.2, 0.25) is 5.02 Å². The summed E-state index contributed by atoms with van der Waals surface area (Å²) in [6, 6.07) is 0.370. The van der Waals surface area contributed by atoms with Gasteiger partial charge in [0.2, 0.25) is 0 Å². The quantitative estimate of drug-likeness (QED) is 0.739. The third kappa shape index (κ3) is 4.26. The molecule has 1 aromatic rings. The van der Waals surface area contributed by atoms with E-state index >= 15 is 0 Å². The van der Waals surface area contributed by atoms with Crippen LogP contribution in [0.25, 0.3) is 0 Å². The van der Waals surface area contributed by atoms with Crippen LogP contribution < -0.4 is 5.32 Å². The molecule has 0 aliphatic rings. The molecule has 1 unspecified atom stereocenters. The summed E-state index contributed by atoms with van der Waals surface area (Å²) in [4.78, 5) is 0. The molecule has 1 atom stereocenters. The van der Waals surface area contributed by atoms with Gasteiger partial charge in [-0.1, -0.05) is 18.5 Å². The summed E-state index contributed by atoms with van der Waals surface area (Å²) in [5, 5.41) is 8.43. The van der Waals surface area contributed by atoms with Crippen molar-refractivity contribution in [3.05, 3.63) is 16.4 Å². The van der Waals surface area contributed by atoms with Gasteiger partial charge in [-0.05, 0) is 26.8 Å². The van der Waals surface area contributed by atoms with E-state index in [4.69, 9.17) is 16.3 Å². The van der Waals surface area contributed by atoms with Crippen molar-refractivity contribution in [2.45, 2.75) is 39.2 Å². The monoisotopic (exact) mass is 273 g/mol. The molecule has 4 nitrogen and oxygen atoms in total. The summed E-state index contributed by atoms with van der Waals surface area (Å²) in [6.45, 7) is 5.67. The SMILES string of the molecule is CCCOCCC(Cc1c(Cl)c(C)nn1C)NC. The standard InChI is InChI=1S/C13H24ClN3O/c1-5-7-18-8-6-11(15-3)9-12-13(14)10(2)16-17(12)4/h11,15H,5-9H2,1-4H3. The first-order valence-corrected chi connectivity index (χ1v) is 6.90. The van der Waals surface area contributed by atoms with Crippen molar-refractivity contribution in [3.8, 4) is 0 Å². The number of aromatic nitrogens is 2. The van der Waals surface area contributed by atoms with Crippen LogP contribution in [0.5, 0.6) is 0 Å². The molecule has 0 spiro atoms. The molecule has 104 valence electrons. The summed E-state index contributed by atoms with van der Waals surface area (Å²) >= 11 is 6.26. The predicted octanol–water partition coefficient (Wildman–Crippen LogP) is 2.33. The normalized spacial score (nSPS) is 12.9. The number of nitrogens with zero attached hydrogens (tertiary/aromatic N) is 2. The maximum Gasteiger partial charge on any atom is 0.0847 e. The lowest BCUT2D eigenvalue weighted by atomic mass is 10.1. The zero-order valence-electron chi connectivity index (χ0n) is 11.8. The van der Waals surface area contributed by atoms with Gasteiger partial charge in [0.25, 0.3) is 0 Å². The number of likely N-dealkylation sites (N-methyl/N-ethyl adjacent to an activating group) is 1. The Morgan fingerprint density at radius 2 is 2.17 bits per heavy atom. The Morgan fingerprint density at radius 1 is 1.44 bits per heavy atom. The van der Waals surface area contributed by atoms with Crippen LogP contribution in [-0.4, -0.2) is 36.1 Å². The Labute approximate surface area is 115 Å². The van der Waals surface area contributed by atoms with E-state index in [1.165, 1.54) is 0 Å². The fraction of sp³-hybridized carbons (Fsp3) is 0.769. The number of rotatable bonds is 8. The van der Waals surface area contributed by atoms with Gasteiger partial charge in [-0.3, -0.25) is 4.68 Å². The molecule has 1 N–H and O–H groups in total. The van der Waals surface area contributed by atoms with Crippen molar-refractivity contribution < 1.29 is 4.74 Å². The minimum Gasteiger partial charge on any atom is -0.381 e. The van der Waals surface area contributed by atoms with E-state index in [1.54, 1.807) is 0 Å². The maximum absolute atomic E-state index is 6.26. The minimum atomic E-state index is 0.370. The van der Waals surface area contributed by atoms with Crippen molar-refractivity contribution in [2.75, 3.05) is 20.3 Å². The van der Waals surface area contributed by atoms with Crippen LogP contribution in [-0.2, 0) is 18.2 Å². The topological polar surface area (TPSA) is 39.1 Å². The molecular weight excluding hydrogens is 250 g/mol. The average molecular weight is 274 g/mol. The van der Waals surface area contributed by atoms with Gasteiger partial charge in [0.1, 0.15) is 0 Å². The van der Waals surface area contributed by atoms with Crippen LogP contribution in [0.3, 0.4) is 0 Å². The molecule has 0 bridgehead atoms. The number of ether oxygens (including phenoxy) is 1. The predicted molar refractivity (Wildman–Crippen MR) is 75.2 cm³/mol. The molecule has 18 heavy (non-hydrogen) atoms. The van der Waals surface area contributed by atoms with Gasteiger partial charge in [-0.25, -0.2) is 0 Å². The second-order valence-corrected chi connectivity index (χ2v) is 4.94. The molecule has 0 fully saturated rings. The fourth-order valence-corrected chi connectivity index (χ4v) is 2.19. The Bertz CT molecular complexity index is 365. The molecule has 0 radical (unpaired) electrons. The lowest BCUT2D eigenvalue weighted by Crippen LogP contribution is -2.30. The largest absolute Gasteiger partial charge is 0.381 e. The van der Waals surface area contributed by atoms with Gasteiger partial charge in [-0.2, -0.15) is 5.10 Å². The van der Waals surface area contributed by atoms with Gasteiger partial charge in [0.15, 0.2) is 0 Å². The zero-order valence-corrected chi connectivity index (χ0v) is 12.5. The summed E-state index contributed by atoms with van der Waals surface area (Å²) in [7, 11) is 3.91. The number of nitrogens with one attached hydrogen (secondary N) is 1. The van der Waals surface area contributed by atoms with Crippen molar-refractivity contribution in [2.24, 2.45) is 7.05 Å². The van der Waals surface area contributed by atoms with Crippen molar-refractivity contribution in [3.63, 3.8) is 0 Å². The van der Waals surface area contributed by atoms with E-state index in [1.807, 2.05) is 25.7 Å². The van der Waals surface area contributed by atoms with E-state index in [2.05, 4.69) is 17.3 Å². The molecule has 5 heteroatoms. The van der Waals surface area contributed by atoms with Gasteiger partial charge < -0.3 is 10.1 Å². The fourth-order valence-electron chi connectivity index (χ4n) is 1.96. The molecule has 0 aliphatic heterocycles. The third-order valence-corrected chi connectivity index (χ3v) is 3.56. The molecule has 1 heterocycles.